The number of hydrogen-bond donors (Lipinski definition) is 2. The van der Waals surface area contributed by atoms with Gasteiger partial charge in [-0.15, -0.1) is 0 Å². The van der Waals surface area contributed by atoms with Crippen molar-refractivity contribution < 1.29 is 18.7 Å². The number of nitrogens with one attached hydrogen (secondary N) is 2. The van der Waals surface area contributed by atoms with E-state index >= 15 is 0 Å². The summed E-state index contributed by atoms with van der Waals surface area (Å²) in [6.07, 6.45) is 3.69. The third-order valence-electron chi connectivity index (χ3n) is 6.22. The normalized spacial score (nSPS) is 13.8. The Balaban J connectivity index is 1.54. The fourth-order valence-electron chi connectivity index (χ4n) is 4.61. The average molecular weight is 511 g/mol. The van der Waals surface area contributed by atoms with E-state index in [-0.39, 0.29) is 24.2 Å². The van der Waals surface area contributed by atoms with Gasteiger partial charge in [0.25, 0.3) is 5.91 Å². The van der Waals surface area contributed by atoms with E-state index in [4.69, 9.17) is 20.8 Å². The highest BCUT2D eigenvalue weighted by atomic mass is 35.5. The molecule has 4 rings (SSSR count). The van der Waals surface area contributed by atoms with Crippen LogP contribution in [0, 0.1) is 6.92 Å². The monoisotopic (exact) mass is 510 g/mol. The van der Waals surface area contributed by atoms with Gasteiger partial charge in [-0.2, -0.15) is 0 Å². The van der Waals surface area contributed by atoms with Crippen molar-refractivity contribution in [2.24, 2.45) is 0 Å². The molecule has 0 saturated carbocycles. The van der Waals surface area contributed by atoms with Crippen LogP contribution in [0.25, 0.3) is 11.0 Å². The zero-order valence-corrected chi connectivity index (χ0v) is 21.5. The molecule has 0 fully saturated rings. The van der Waals surface area contributed by atoms with Gasteiger partial charge >= 0.3 is 5.63 Å². The summed E-state index contributed by atoms with van der Waals surface area (Å²) >= 11 is 5.98. The molecule has 8 heteroatoms. The van der Waals surface area contributed by atoms with Crippen molar-refractivity contribution in [2.45, 2.75) is 65.0 Å². The third kappa shape index (κ3) is 6.08. The van der Waals surface area contributed by atoms with Crippen molar-refractivity contribution >= 4 is 34.4 Å². The largest absolute Gasteiger partial charge is 0.483 e. The van der Waals surface area contributed by atoms with Crippen LogP contribution in [0.1, 0.15) is 48.9 Å². The van der Waals surface area contributed by atoms with E-state index < -0.39 is 11.9 Å². The smallest absolute Gasteiger partial charge is 0.339 e. The minimum absolute atomic E-state index is 0.0714. The lowest BCUT2D eigenvalue weighted by atomic mass is 9.90. The summed E-state index contributed by atoms with van der Waals surface area (Å²) in [6.45, 7) is 5.33. The molecule has 0 spiro atoms. The van der Waals surface area contributed by atoms with Crippen molar-refractivity contribution in [3.63, 3.8) is 0 Å². The molecular weight excluding hydrogens is 480 g/mol. The van der Waals surface area contributed by atoms with Gasteiger partial charge in [0.2, 0.25) is 5.91 Å². The number of halogens is 1. The van der Waals surface area contributed by atoms with E-state index in [1.54, 1.807) is 12.1 Å². The maximum Gasteiger partial charge on any atom is 0.339 e. The summed E-state index contributed by atoms with van der Waals surface area (Å²) in [5.41, 5.74) is 3.53. The van der Waals surface area contributed by atoms with Crippen LogP contribution in [0.5, 0.6) is 5.75 Å². The molecule has 0 radical (unpaired) electrons. The number of fused-ring (bicyclic) bond motifs is 3. The molecule has 1 aromatic heterocycles. The number of hydrogen-bond acceptors (Lipinski definition) is 5. The molecule has 1 aliphatic rings. The van der Waals surface area contributed by atoms with Gasteiger partial charge in [0.1, 0.15) is 17.4 Å². The molecule has 1 heterocycles. The van der Waals surface area contributed by atoms with Gasteiger partial charge in [0.15, 0.2) is 6.61 Å². The molecule has 1 atom stereocenters. The lowest BCUT2D eigenvalue weighted by Gasteiger charge is -2.21. The zero-order chi connectivity index (χ0) is 25.8. The first kappa shape index (κ1) is 25.8. The lowest BCUT2D eigenvalue weighted by molar-refractivity contribution is -0.130. The number of benzene rings is 2. The summed E-state index contributed by atoms with van der Waals surface area (Å²) in [6, 6.07) is 9.98. The minimum Gasteiger partial charge on any atom is -0.483 e. The van der Waals surface area contributed by atoms with E-state index in [9.17, 15) is 14.4 Å². The maximum absolute atomic E-state index is 12.9. The van der Waals surface area contributed by atoms with Crippen molar-refractivity contribution in [3.8, 4) is 5.75 Å². The summed E-state index contributed by atoms with van der Waals surface area (Å²) in [5.74, 6) is -0.193. The van der Waals surface area contributed by atoms with Crippen LogP contribution in [0.15, 0.2) is 45.6 Å². The first-order valence-electron chi connectivity index (χ1n) is 12.3. The number of carbonyl (C=O) groups is 2. The van der Waals surface area contributed by atoms with E-state index in [1.165, 1.54) is 0 Å². The predicted octanol–water partition coefficient (Wildman–Crippen LogP) is 4.26. The molecule has 0 bridgehead atoms. The topological polar surface area (TPSA) is 97.6 Å². The van der Waals surface area contributed by atoms with Gasteiger partial charge in [-0.25, -0.2) is 4.79 Å². The average Bonchev–Trinajstić information content (AvgIpc) is 2.83. The van der Waals surface area contributed by atoms with Gasteiger partial charge in [-0.3, -0.25) is 9.59 Å². The van der Waals surface area contributed by atoms with E-state index in [0.29, 0.717) is 34.8 Å². The molecule has 2 amide bonds. The van der Waals surface area contributed by atoms with Crippen LogP contribution in [-0.2, 0) is 28.9 Å². The van der Waals surface area contributed by atoms with Crippen LogP contribution in [-0.4, -0.2) is 30.5 Å². The van der Waals surface area contributed by atoms with Gasteiger partial charge in [-0.1, -0.05) is 23.7 Å². The van der Waals surface area contributed by atoms with Crippen molar-refractivity contribution in [1.82, 2.24) is 10.6 Å². The summed E-state index contributed by atoms with van der Waals surface area (Å²) in [7, 11) is 0. The Bertz CT molecular complexity index is 1330. The number of amides is 2. The molecule has 2 aromatic carbocycles. The summed E-state index contributed by atoms with van der Waals surface area (Å²) in [5, 5.41) is 7.02. The van der Waals surface area contributed by atoms with Gasteiger partial charge < -0.3 is 19.8 Å². The molecule has 1 aliphatic carbocycles. The molecule has 36 heavy (non-hydrogen) atoms. The zero-order valence-electron chi connectivity index (χ0n) is 20.8. The van der Waals surface area contributed by atoms with Crippen molar-refractivity contribution in [3.05, 3.63) is 74.1 Å². The Morgan fingerprint density at radius 1 is 1.06 bits per heavy atom. The number of aryl methyl sites for hydroxylation is 2. The number of carbonyl (C=O) groups excluding carboxylic acids is 2. The van der Waals surface area contributed by atoms with Crippen LogP contribution < -0.4 is 21.0 Å². The molecular formula is C28H31ClN2O5. The van der Waals surface area contributed by atoms with Crippen LogP contribution in [0.4, 0.5) is 0 Å². The van der Waals surface area contributed by atoms with Crippen LogP contribution in [0.2, 0.25) is 5.02 Å². The highest BCUT2D eigenvalue weighted by Crippen LogP contribution is 2.34. The molecule has 190 valence electrons. The maximum atomic E-state index is 12.9. The first-order chi connectivity index (χ1) is 17.2. The highest BCUT2D eigenvalue weighted by molar-refractivity contribution is 6.30. The molecule has 3 aromatic rings. The fourth-order valence-corrected chi connectivity index (χ4v) is 4.74. The Morgan fingerprint density at radius 2 is 1.75 bits per heavy atom. The van der Waals surface area contributed by atoms with Crippen LogP contribution in [0.3, 0.4) is 0 Å². The standard InChI is InChI=1S/C28H31ClN2O5/c1-16(2)30-27(33)22(14-18-8-10-19(29)11-9-18)31-25(32)15-35-23-12-17(3)13-24-26(23)20-6-4-5-7-21(20)28(34)36-24/h8-13,16,22H,4-7,14-15H2,1-3H3,(H,30,33)(H,31,32)/t22-/m1/s1. The summed E-state index contributed by atoms with van der Waals surface area (Å²) < 4.78 is 11.6. The quantitative estimate of drug-likeness (QED) is 0.441. The number of rotatable bonds is 8. The van der Waals surface area contributed by atoms with Gasteiger partial charge in [-0.05, 0) is 87.4 Å². The summed E-state index contributed by atoms with van der Waals surface area (Å²) in [4.78, 5) is 38.2. The van der Waals surface area contributed by atoms with Crippen molar-refractivity contribution in [1.29, 1.82) is 0 Å². The molecule has 2 N–H and O–H groups in total. The van der Waals surface area contributed by atoms with E-state index in [1.807, 2.05) is 45.0 Å². The van der Waals surface area contributed by atoms with Gasteiger partial charge in [0, 0.05) is 23.0 Å². The minimum atomic E-state index is -0.773. The molecule has 7 nitrogen and oxygen atoms in total. The lowest BCUT2D eigenvalue weighted by Crippen LogP contribution is -2.50. The second kappa shape index (κ2) is 11.2. The second-order valence-electron chi connectivity index (χ2n) is 9.59. The first-order valence-corrected chi connectivity index (χ1v) is 12.6. The van der Waals surface area contributed by atoms with Gasteiger partial charge in [0.05, 0.1) is 5.39 Å². The second-order valence-corrected chi connectivity index (χ2v) is 10.0. The Labute approximate surface area is 215 Å². The van der Waals surface area contributed by atoms with E-state index in [0.717, 1.165) is 41.3 Å². The third-order valence-corrected chi connectivity index (χ3v) is 6.48. The SMILES string of the molecule is Cc1cc(OCC(=O)N[C@H](Cc2ccc(Cl)cc2)C(=O)NC(C)C)c2c3c(c(=O)oc2c1)CCCC3. The fraction of sp³-hybridized carbons (Fsp3) is 0.393. The molecule has 0 aliphatic heterocycles. The highest BCUT2D eigenvalue weighted by Gasteiger charge is 2.24. The predicted molar refractivity (Wildman–Crippen MR) is 140 cm³/mol. The molecule has 0 saturated heterocycles. The Hall–Kier alpha value is -3.32. The molecule has 0 unspecified atom stereocenters. The van der Waals surface area contributed by atoms with E-state index in [2.05, 4.69) is 10.6 Å². The Kier molecular flexibility index (Phi) is 7.99. The van der Waals surface area contributed by atoms with Crippen LogP contribution >= 0.6 is 11.6 Å². The Morgan fingerprint density at radius 3 is 2.44 bits per heavy atom. The van der Waals surface area contributed by atoms with Crippen molar-refractivity contribution in [2.75, 3.05) is 6.61 Å². The number of ether oxygens (including phenoxy) is 1.